The van der Waals surface area contributed by atoms with E-state index in [0.29, 0.717) is 11.6 Å². The minimum Gasteiger partial charge on any atom is -0.366 e. The summed E-state index contributed by atoms with van der Waals surface area (Å²) in [7, 11) is 0. The van der Waals surface area contributed by atoms with E-state index in [-0.39, 0.29) is 16.2 Å². The van der Waals surface area contributed by atoms with Crippen LogP contribution in [0.15, 0.2) is 42.0 Å². The molecule has 0 spiro atoms. The molecular weight excluding hydrogens is 430 g/mol. The van der Waals surface area contributed by atoms with Crippen molar-refractivity contribution in [2.45, 2.75) is 59.4 Å². The first kappa shape index (κ1) is 23.2. The maximum absolute atomic E-state index is 13.5. The van der Waals surface area contributed by atoms with E-state index in [9.17, 15) is 9.59 Å². The Morgan fingerprint density at radius 1 is 1.15 bits per heavy atom. The molecule has 0 aromatic heterocycles. The van der Waals surface area contributed by atoms with E-state index in [2.05, 4.69) is 50.0 Å². The molecule has 1 saturated heterocycles. The molecule has 2 aromatic rings. The van der Waals surface area contributed by atoms with Crippen molar-refractivity contribution >= 4 is 46.6 Å². The van der Waals surface area contributed by atoms with E-state index in [4.69, 9.17) is 12.2 Å². The fourth-order valence-electron chi connectivity index (χ4n) is 5.22. The Balaban J connectivity index is 1.75. The average molecular weight is 462 g/mol. The molecule has 1 fully saturated rings. The number of hydrogen-bond acceptors (Lipinski definition) is 4. The molecule has 2 aliphatic heterocycles. The second-order valence-electron chi connectivity index (χ2n) is 9.66. The van der Waals surface area contributed by atoms with Gasteiger partial charge in [-0.2, -0.15) is 0 Å². The van der Waals surface area contributed by atoms with Gasteiger partial charge in [-0.1, -0.05) is 25.1 Å². The number of fused-ring (bicyclic) bond motifs is 1. The van der Waals surface area contributed by atoms with E-state index in [1.165, 1.54) is 16.2 Å². The lowest BCUT2D eigenvalue weighted by Crippen LogP contribution is -2.54. The van der Waals surface area contributed by atoms with Crippen LogP contribution in [0.25, 0.3) is 6.08 Å². The van der Waals surface area contributed by atoms with Crippen molar-refractivity contribution in [3.05, 3.63) is 64.2 Å². The van der Waals surface area contributed by atoms with Crippen molar-refractivity contribution in [1.29, 1.82) is 0 Å². The molecule has 2 heterocycles. The third kappa shape index (κ3) is 3.97. The summed E-state index contributed by atoms with van der Waals surface area (Å²) in [5, 5.41) is 2.80. The standard InChI is InChI=1S/C27H31N3O2S/c1-7-29-23-12-11-19(13-20(23)17(3)15-27(29,5)6)14-21-24(31)28-26(33)30(25(21)32)22-10-8-9-16(2)18(22)4/h8-14,17H,7,15H2,1-6H3,(H,28,31,33)/b21-14-. The number of amides is 2. The highest BCUT2D eigenvalue weighted by Gasteiger charge is 2.37. The number of aryl methyl sites for hydroxylation is 1. The number of thiocarbonyl (C=S) groups is 1. The van der Waals surface area contributed by atoms with Crippen molar-refractivity contribution in [3.63, 3.8) is 0 Å². The van der Waals surface area contributed by atoms with Crippen LogP contribution in [0.4, 0.5) is 11.4 Å². The van der Waals surface area contributed by atoms with Gasteiger partial charge in [0.05, 0.1) is 5.69 Å². The van der Waals surface area contributed by atoms with Gasteiger partial charge in [0.2, 0.25) is 0 Å². The zero-order valence-corrected chi connectivity index (χ0v) is 21.0. The van der Waals surface area contributed by atoms with Gasteiger partial charge in [0.15, 0.2) is 5.11 Å². The Bertz CT molecular complexity index is 1200. The maximum Gasteiger partial charge on any atom is 0.270 e. The quantitative estimate of drug-likeness (QED) is 0.386. The van der Waals surface area contributed by atoms with Gasteiger partial charge in [0.1, 0.15) is 5.57 Å². The second kappa shape index (κ2) is 8.41. The molecule has 0 saturated carbocycles. The molecule has 1 atom stereocenters. The van der Waals surface area contributed by atoms with E-state index < -0.39 is 11.8 Å². The van der Waals surface area contributed by atoms with Crippen LogP contribution in [0.2, 0.25) is 0 Å². The lowest BCUT2D eigenvalue weighted by atomic mass is 9.79. The topological polar surface area (TPSA) is 52.7 Å². The number of nitrogens with zero attached hydrogens (tertiary/aromatic N) is 2. The smallest absolute Gasteiger partial charge is 0.270 e. The number of benzene rings is 2. The average Bonchev–Trinajstić information content (AvgIpc) is 2.74. The zero-order chi connectivity index (χ0) is 24.1. The third-order valence-electron chi connectivity index (χ3n) is 6.96. The number of nitrogens with one attached hydrogen (secondary N) is 1. The first-order chi connectivity index (χ1) is 15.5. The van der Waals surface area contributed by atoms with Gasteiger partial charge in [-0.15, -0.1) is 0 Å². The number of carbonyl (C=O) groups is 2. The van der Waals surface area contributed by atoms with Gasteiger partial charge >= 0.3 is 0 Å². The van der Waals surface area contributed by atoms with Crippen LogP contribution < -0.4 is 15.1 Å². The predicted molar refractivity (Wildman–Crippen MR) is 139 cm³/mol. The molecule has 2 aliphatic rings. The third-order valence-corrected chi connectivity index (χ3v) is 7.24. The molecule has 2 aromatic carbocycles. The first-order valence-electron chi connectivity index (χ1n) is 11.4. The Morgan fingerprint density at radius 3 is 2.58 bits per heavy atom. The SMILES string of the molecule is CCN1c2ccc(/C=C3/C(=O)NC(=S)N(c4cccc(C)c4C)C3=O)cc2C(C)CC1(C)C. The summed E-state index contributed by atoms with van der Waals surface area (Å²) >= 11 is 5.37. The van der Waals surface area contributed by atoms with Gasteiger partial charge in [-0.3, -0.25) is 19.8 Å². The second-order valence-corrected chi connectivity index (χ2v) is 10.0. The molecular formula is C27H31N3O2S. The maximum atomic E-state index is 13.5. The summed E-state index contributed by atoms with van der Waals surface area (Å²) in [4.78, 5) is 30.1. The molecule has 1 N–H and O–H groups in total. The summed E-state index contributed by atoms with van der Waals surface area (Å²) in [5.41, 5.74) is 6.17. The summed E-state index contributed by atoms with van der Waals surface area (Å²) < 4.78 is 0. The Labute approximate surface area is 201 Å². The highest BCUT2D eigenvalue weighted by molar-refractivity contribution is 7.80. The molecule has 2 amide bonds. The molecule has 6 heteroatoms. The van der Waals surface area contributed by atoms with Crippen LogP contribution in [0, 0.1) is 13.8 Å². The molecule has 0 bridgehead atoms. The molecule has 33 heavy (non-hydrogen) atoms. The van der Waals surface area contributed by atoms with E-state index >= 15 is 0 Å². The van der Waals surface area contributed by atoms with Crippen molar-refractivity contribution < 1.29 is 9.59 Å². The van der Waals surface area contributed by atoms with Crippen LogP contribution in [0.5, 0.6) is 0 Å². The summed E-state index contributed by atoms with van der Waals surface area (Å²) in [6.07, 6.45) is 2.72. The normalized spacial score (nSPS) is 21.3. The molecule has 5 nitrogen and oxygen atoms in total. The molecule has 1 unspecified atom stereocenters. The first-order valence-corrected chi connectivity index (χ1v) is 11.8. The fourth-order valence-corrected chi connectivity index (χ4v) is 5.49. The van der Waals surface area contributed by atoms with Gasteiger partial charge in [0, 0.05) is 17.8 Å². The van der Waals surface area contributed by atoms with Gasteiger partial charge < -0.3 is 4.90 Å². The molecule has 4 rings (SSSR count). The van der Waals surface area contributed by atoms with E-state index in [0.717, 1.165) is 29.7 Å². The summed E-state index contributed by atoms with van der Waals surface area (Å²) in [6.45, 7) is 13.8. The Morgan fingerprint density at radius 2 is 1.88 bits per heavy atom. The highest BCUT2D eigenvalue weighted by Crippen LogP contribution is 2.43. The van der Waals surface area contributed by atoms with Gasteiger partial charge in [0.25, 0.3) is 11.8 Å². The van der Waals surface area contributed by atoms with Crippen molar-refractivity contribution in [2.24, 2.45) is 0 Å². The minimum absolute atomic E-state index is 0.0839. The van der Waals surface area contributed by atoms with Gasteiger partial charge in [-0.25, -0.2) is 0 Å². The molecule has 172 valence electrons. The van der Waals surface area contributed by atoms with Crippen molar-refractivity contribution in [2.75, 3.05) is 16.3 Å². The molecule has 0 radical (unpaired) electrons. The summed E-state index contributed by atoms with van der Waals surface area (Å²) in [5.74, 6) is -0.487. The fraction of sp³-hybridized carbons (Fsp3) is 0.370. The lowest BCUT2D eigenvalue weighted by Gasteiger charge is -2.47. The zero-order valence-electron chi connectivity index (χ0n) is 20.2. The molecule has 0 aliphatic carbocycles. The van der Waals surface area contributed by atoms with Gasteiger partial charge in [-0.05, 0) is 106 Å². The van der Waals surface area contributed by atoms with Crippen LogP contribution in [-0.2, 0) is 9.59 Å². The van der Waals surface area contributed by atoms with Crippen LogP contribution in [0.1, 0.15) is 62.3 Å². The predicted octanol–water partition coefficient (Wildman–Crippen LogP) is 5.25. The van der Waals surface area contributed by atoms with Crippen molar-refractivity contribution in [3.8, 4) is 0 Å². The number of hydrogen-bond donors (Lipinski definition) is 1. The van der Waals surface area contributed by atoms with E-state index in [1.807, 2.05) is 38.1 Å². The van der Waals surface area contributed by atoms with E-state index in [1.54, 1.807) is 6.08 Å². The van der Waals surface area contributed by atoms with Crippen LogP contribution in [0.3, 0.4) is 0 Å². The van der Waals surface area contributed by atoms with Crippen LogP contribution in [-0.4, -0.2) is 29.0 Å². The van der Waals surface area contributed by atoms with Crippen molar-refractivity contribution in [1.82, 2.24) is 5.32 Å². The minimum atomic E-state index is -0.464. The lowest BCUT2D eigenvalue weighted by molar-refractivity contribution is -0.122. The number of carbonyl (C=O) groups excluding carboxylic acids is 2. The number of anilines is 2. The monoisotopic (exact) mass is 461 g/mol. The van der Waals surface area contributed by atoms with Crippen LogP contribution >= 0.6 is 12.2 Å². The number of rotatable bonds is 3. The summed E-state index contributed by atoms with van der Waals surface area (Å²) in [6, 6.07) is 11.9. The Hall–Kier alpha value is -2.99. The largest absolute Gasteiger partial charge is 0.366 e. The Kier molecular flexibility index (Phi) is 5.91. The highest BCUT2D eigenvalue weighted by atomic mass is 32.1.